The molecule has 4 rings (SSSR count). The van der Waals surface area contributed by atoms with E-state index in [-0.39, 0.29) is 18.1 Å². The molecular formula is C22H20N4O4. The Hall–Kier alpha value is -3.78. The fourth-order valence-corrected chi connectivity index (χ4v) is 3.48. The number of carbonyl (C=O) groups is 1. The molecule has 0 aliphatic carbocycles. The molecule has 1 aliphatic heterocycles. The van der Waals surface area contributed by atoms with Crippen LogP contribution in [0.1, 0.15) is 30.0 Å². The summed E-state index contributed by atoms with van der Waals surface area (Å²) >= 11 is 0. The number of nitro benzene ring substituents is 1. The molecule has 30 heavy (non-hydrogen) atoms. The van der Waals surface area contributed by atoms with Crippen LogP contribution in [-0.2, 0) is 11.3 Å². The zero-order chi connectivity index (χ0) is 21.1. The summed E-state index contributed by atoms with van der Waals surface area (Å²) in [5.41, 5.74) is 2.37. The van der Waals surface area contributed by atoms with Crippen molar-refractivity contribution in [1.82, 2.24) is 9.91 Å². The summed E-state index contributed by atoms with van der Waals surface area (Å²) in [6.07, 6.45) is 1.10. The first-order chi connectivity index (χ1) is 14.5. The molecule has 0 radical (unpaired) electrons. The highest BCUT2D eigenvalue weighted by molar-refractivity contribution is 5.99. The van der Waals surface area contributed by atoms with Gasteiger partial charge in [-0.15, -0.1) is 0 Å². The fourth-order valence-electron chi connectivity index (χ4n) is 3.48. The first kappa shape index (κ1) is 19.5. The smallest absolute Gasteiger partial charge is 0.269 e. The first-order valence-corrected chi connectivity index (χ1v) is 9.46. The normalized spacial score (nSPS) is 17.5. The molecule has 1 saturated heterocycles. The highest BCUT2D eigenvalue weighted by atomic mass is 16.6. The van der Waals surface area contributed by atoms with Crippen molar-refractivity contribution < 1.29 is 14.1 Å². The number of amides is 1. The van der Waals surface area contributed by atoms with Crippen molar-refractivity contribution in [3.63, 3.8) is 0 Å². The van der Waals surface area contributed by atoms with E-state index in [9.17, 15) is 14.9 Å². The molecule has 1 atom stereocenters. The molecule has 1 amide bonds. The number of hydrazone groups is 1. The van der Waals surface area contributed by atoms with Crippen molar-refractivity contribution in [2.45, 2.75) is 19.6 Å². The van der Waals surface area contributed by atoms with E-state index >= 15 is 0 Å². The van der Waals surface area contributed by atoms with Crippen LogP contribution < -0.4 is 0 Å². The van der Waals surface area contributed by atoms with E-state index in [2.05, 4.69) is 5.10 Å². The molecule has 3 aromatic rings. The molecule has 2 aromatic carbocycles. The summed E-state index contributed by atoms with van der Waals surface area (Å²) in [5, 5.41) is 16.9. The Morgan fingerprint density at radius 2 is 1.87 bits per heavy atom. The highest BCUT2D eigenvalue weighted by Crippen LogP contribution is 2.33. The number of hydrogen-bond acceptors (Lipinski definition) is 6. The Bertz CT molecular complexity index is 1060. The van der Waals surface area contributed by atoms with Gasteiger partial charge in [0.05, 0.1) is 23.4 Å². The standard InChI is InChI=1S/C22H20N4O4/c1-16(18-9-11-19(12-10-18)26(28)29)23-25-21(27)15-24(14-17-6-3-2-4-7-17)22(25)20-8-5-13-30-20/h2-13,22H,14-15H2,1H3/b23-16-/t22-/m0/s1. The lowest BCUT2D eigenvalue weighted by Gasteiger charge is -2.25. The fraction of sp³-hybridized carbons (Fsp3) is 0.182. The van der Waals surface area contributed by atoms with Crippen molar-refractivity contribution in [1.29, 1.82) is 0 Å². The Morgan fingerprint density at radius 3 is 2.50 bits per heavy atom. The van der Waals surface area contributed by atoms with Crippen LogP contribution in [0.3, 0.4) is 0 Å². The van der Waals surface area contributed by atoms with Crippen molar-refractivity contribution in [3.05, 3.63) is 100.0 Å². The van der Waals surface area contributed by atoms with Crippen LogP contribution in [0.15, 0.2) is 82.5 Å². The Morgan fingerprint density at radius 1 is 1.13 bits per heavy atom. The van der Waals surface area contributed by atoms with Gasteiger partial charge in [-0.2, -0.15) is 5.10 Å². The maximum atomic E-state index is 12.8. The topological polar surface area (TPSA) is 92.2 Å². The Kier molecular flexibility index (Phi) is 5.40. The third-order valence-corrected chi connectivity index (χ3v) is 4.95. The predicted molar refractivity (Wildman–Crippen MR) is 110 cm³/mol. The van der Waals surface area contributed by atoms with Gasteiger partial charge in [0.1, 0.15) is 5.76 Å². The van der Waals surface area contributed by atoms with Gasteiger partial charge < -0.3 is 4.42 Å². The summed E-state index contributed by atoms with van der Waals surface area (Å²) in [6.45, 7) is 2.55. The van der Waals surface area contributed by atoms with Gasteiger partial charge in [0.2, 0.25) is 0 Å². The Labute approximate surface area is 173 Å². The molecule has 152 valence electrons. The molecule has 8 heteroatoms. The number of non-ortho nitro benzene ring substituents is 1. The van der Waals surface area contributed by atoms with Crippen molar-refractivity contribution >= 4 is 17.3 Å². The van der Waals surface area contributed by atoms with E-state index in [1.54, 1.807) is 31.4 Å². The minimum Gasteiger partial charge on any atom is -0.466 e. The molecule has 0 spiro atoms. The van der Waals surface area contributed by atoms with Crippen LogP contribution in [-0.4, -0.2) is 33.0 Å². The first-order valence-electron chi connectivity index (χ1n) is 9.46. The van der Waals surface area contributed by atoms with Gasteiger partial charge in [0.25, 0.3) is 11.6 Å². The van der Waals surface area contributed by atoms with E-state index in [1.807, 2.05) is 41.3 Å². The lowest BCUT2D eigenvalue weighted by molar-refractivity contribution is -0.384. The second-order valence-corrected chi connectivity index (χ2v) is 7.01. The molecule has 2 heterocycles. The molecule has 8 nitrogen and oxygen atoms in total. The number of benzene rings is 2. The molecule has 1 aliphatic rings. The number of nitro groups is 1. The average molecular weight is 404 g/mol. The summed E-state index contributed by atoms with van der Waals surface area (Å²) in [4.78, 5) is 25.3. The van der Waals surface area contributed by atoms with Gasteiger partial charge in [0, 0.05) is 18.7 Å². The zero-order valence-electron chi connectivity index (χ0n) is 16.3. The number of rotatable bonds is 6. The van der Waals surface area contributed by atoms with Gasteiger partial charge in [0.15, 0.2) is 6.17 Å². The zero-order valence-corrected chi connectivity index (χ0v) is 16.3. The molecular weight excluding hydrogens is 384 g/mol. The third kappa shape index (κ3) is 3.99. The molecule has 1 aromatic heterocycles. The Balaban J connectivity index is 1.64. The van der Waals surface area contributed by atoms with Gasteiger partial charge in [-0.3, -0.25) is 19.8 Å². The summed E-state index contributed by atoms with van der Waals surface area (Å²) in [7, 11) is 0. The predicted octanol–water partition coefficient (Wildman–Crippen LogP) is 3.96. The summed E-state index contributed by atoms with van der Waals surface area (Å²) < 4.78 is 5.61. The van der Waals surface area contributed by atoms with Crippen molar-refractivity contribution in [2.24, 2.45) is 5.10 Å². The largest absolute Gasteiger partial charge is 0.466 e. The second kappa shape index (κ2) is 8.30. The molecule has 0 N–H and O–H groups in total. The van der Waals surface area contributed by atoms with E-state index < -0.39 is 11.1 Å². The van der Waals surface area contributed by atoms with Crippen LogP contribution >= 0.6 is 0 Å². The number of carbonyl (C=O) groups excluding carboxylic acids is 1. The maximum Gasteiger partial charge on any atom is 0.269 e. The van der Waals surface area contributed by atoms with Gasteiger partial charge >= 0.3 is 0 Å². The summed E-state index contributed by atoms with van der Waals surface area (Å²) in [5.74, 6) is 0.477. The molecule has 1 fully saturated rings. The monoisotopic (exact) mass is 404 g/mol. The molecule has 0 unspecified atom stereocenters. The third-order valence-electron chi connectivity index (χ3n) is 4.95. The molecule has 0 bridgehead atoms. The van der Waals surface area contributed by atoms with E-state index in [0.717, 1.165) is 5.56 Å². The van der Waals surface area contributed by atoms with E-state index in [1.165, 1.54) is 17.1 Å². The van der Waals surface area contributed by atoms with Crippen LogP contribution in [0, 0.1) is 10.1 Å². The van der Waals surface area contributed by atoms with Gasteiger partial charge in [-0.25, -0.2) is 5.01 Å². The van der Waals surface area contributed by atoms with Crippen molar-refractivity contribution in [2.75, 3.05) is 6.54 Å². The minimum absolute atomic E-state index is 0.00583. The highest BCUT2D eigenvalue weighted by Gasteiger charge is 2.41. The maximum absolute atomic E-state index is 12.8. The lowest BCUT2D eigenvalue weighted by Crippen LogP contribution is -2.29. The van der Waals surface area contributed by atoms with Crippen molar-refractivity contribution in [3.8, 4) is 0 Å². The van der Waals surface area contributed by atoms with Crippen LogP contribution in [0.4, 0.5) is 5.69 Å². The lowest BCUT2D eigenvalue weighted by atomic mass is 10.1. The van der Waals surface area contributed by atoms with E-state index in [0.29, 0.717) is 23.6 Å². The number of furan rings is 1. The van der Waals surface area contributed by atoms with Crippen LogP contribution in [0.25, 0.3) is 0 Å². The molecule has 0 saturated carbocycles. The minimum atomic E-state index is -0.472. The van der Waals surface area contributed by atoms with Gasteiger partial charge in [-0.1, -0.05) is 30.3 Å². The van der Waals surface area contributed by atoms with E-state index in [4.69, 9.17) is 4.42 Å². The van der Waals surface area contributed by atoms with Gasteiger partial charge in [-0.05, 0) is 42.3 Å². The van der Waals surface area contributed by atoms with Crippen LogP contribution in [0.2, 0.25) is 0 Å². The number of hydrogen-bond donors (Lipinski definition) is 0. The average Bonchev–Trinajstić information content (AvgIpc) is 3.37. The summed E-state index contributed by atoms with van der Waals surface area (Å²) in [6, 6.07) is 19.6. The second-order valence-electron chi connectivity index (χ2n) is 7.01. The number of nitrogens with zero attached hydrogens (tertiary/aromatic N) is 4. The van der Waals surface area contributed by atoms with Crippen LogP contribution in [0.5, 0.6) is 0 Å². The quantitative estimate of drug-likeness (QED) is 0.352. The SMILES string of the molecule is C/C(=N/N1C(=O)CN(Cc2ccccc2)[C@@H]1c1ccco1)c1ccc([N+](=O)[O-])cc1.